The smallest absolute Gasteiger partial charge is 0.223 e. The van der Waals surface area contributed by atoms with E-state index in [9.17, 15) is 4.79 Å². The Labute approximate surface area is 149 Å². The summed E-state index contributed by atoms with van der Waals surface area (Å²) in [7, 11) is 1.82. The van der Waals surface area contributed by atoms with Crippen LogP contribution in [0.25, 0.3) is 0 Å². The summed E-state index contributed by atoms with van der Waals surface area (Å²) in [5.74, 6) is 1.43. The molecule has 2 saturated heterocycles. The van der Waals surface area contributed by atoms with Crippen LogP contribution in [0.15, 0.2) is 4.99 Å². The monoisotopic (exact) mass is 422 g/mol. The zero-order valence-electron chi connectivity index (χ0n) is 13.3. The van der Waals surface area contributed by atoms with Crippen molar-refractivity contribution in [1.82, 2.24) is 15.5 Å². The van der Waals surface area contributed by atoms with Gasteiger partial charge in [-0.05, 0) is 25.7 Å². The van der Waals surface area contributed by atoms with Crippen LogP contribution in [0.5, 0.6) is 0 Å². The second kappa shape index (κ2) is 7.81. The number of hydrogen-bond acceptors (Lipinski definition) is 3. The molecule has 2 heterocycles. The van der Waals surface area contributed by atoms with Gasteiger partial charge in [0.15, 0.2) is 5.96 Å². The maximum absolute atomic E-state index is 11.6. The molecule has 0 bridgehead atoms. The molecule has 1 atom stereocenters. The van der Waals surface area contributed by atoms with Crippen LogP contribution in [0.1, 0.15) is 25.7 Å². The van der Waals surface area contributed by atoms with Crippen LogP contribution < -0.4 is 10.6 Å². The molecule has 2 N–H and O–H groups in total. The van der Waals surface area contributed by atoms with Crippen molar-refractivity contribution in [3.05, 3.63) is 0 Å². The molecule has 0 aromatic rings. The Morgan fingerprint density at radius 3 is 2.73 bits per heavy atom. The van der Waals surface area contributed by atoms with Gasteiger partial charge in [0, 0.05) is 51.2 Å². The summed E-state index contributed by atoms with van der Waals surface area (Å²) in [4.78, 5) is 18.2. The third-order valence-electron chi connectivity index (χ3n) is 4.79. The van der Waals surface area contributed by atoms with Crippen LogP contribution >= 0.6 is 24.0 Å². The standard InChI is InChI=1S/C15H26N4O2.HI/c1-16-14(18-7-6-17-13(20)12-2-3-12)19-8-4-15(10-19)5-9-21-11-15;/h12H,2-11H2,1H3,(H,16,18)(H,17,20);1H. The molecule has 3 rings (SSSR count). The van der Waals surface area contributed by atoms with Gasteiger partial charge in [-0.1, -0.05) is 0 Å². The van der Waals surface area contributed by atoms with Crippen LogP contribution in [0.4, 0.5) is 0 Å². The fourth-order valence-corrected chi connectivity index (χ4v) is 3.27. The molecule has 126 valence electrons. The summed E-state index contributed by atoms with van der Waals surface area (Å²) >= 11 is 0. The Morgan fingerprint density at radius 2 is 2.09 bits per heavy atom. The highest BCUT2D eigenvalue weighted by Crippen LogP contribution is 2.38. The first-order valence-electron chi connectivity index (χ1n) is 8.03. The zero-order valence-corrected chi connectivity index (χ0v) is 15.6. The Bertz CT molecular complexity index is 420. The lowest BCUT2D eigenvalue weighted by Gasteiger charge is -2.25. The maximum Gasteiger partial charge on any atom is 0.223 e. The number of nitrogens with one attached hydrogen (secondary N) is 2. The summed E-state index contributed by atoms with van der Waals surface area (Å²) in [5, 5.41) is 6.32. The van der Waals surface area contributed by atoms with Gasteiger partial charge in [0.1, 0.15) is 0 Å². The van der Waals surface area contributed by atoms with Gasteiger partial charge in [-0.2, -0.15) is 0 Å². The molecular formula is C15H27IN4O2. The molecule has 3 aliphatic rings. The molecule has 7 heteroatoms. The van der Waals surface area contributed by atoms with Gasteiger partial charge in [0.05, 0.1) is 6.61 Å². The van der Waals surface area contributed by atoms with Gasteiger partial charge in [0.2, 0.25) is 5.91 Å². The average Bonchev–Trinajstić information content (AvgIpc) is 3.13. The Morgan fingerprint density at radius 1 is 1.32 bits per heavy atom. The number of hydrogen-bond donors (Lipinski definition) is 2. The van der Waals surface area contributed by atoms with Crippen LogP contribution in [0.2, 0.25) is 0 Å². The van der Waals surface area contributed by atoms with Crippen LogP contribution in [0, 0.1) is 11.3 Å². The number of likely N-dealkylation sites (tertiary alicyclic amines) is 1. The van der Waals surface area contributed by atoms with Gasteiger partial charge >= 0.3 is 0 Å². The van der Waals surface area contributed by atoms with E-state index in [4.69, 9.17) is 4.74 Å². The number of ether oxygens (including phenoxy) is 1. The first-order chi connectivity index (χ1) is 10.2. The van der Waals surface area contributed by atoms with Gasteiger partial charge in [-0.3, -0.25) is 9.79 Å². The molecule has 0 radical (unpaired) electrons. The fourth-order valence-electron chi connectivity index (χ4n) is 3.27. The minimum Gasteiger partial charge on any atom is -0.381 e. The van der Waals surface area contributed by atoms with E-state index in [1.165, 1.54) is 6.42 Å². The van der Waals surface area contributed by atoms with E-state index in [1.807, 2.05) is 7.05 Å². The number of guanidine groups is 1. The fraction of sp³-hybridized carbons (Fsp3) is 0.867. The molecule has 0 aromatic heterocycles. The van der Waals surface area contributed by atoms with Crippen molar-refractivity contribution in [1.29, 1.82) is 0 Å². The molecule has 0 aromatic carbocycles. The highest BCUT2D eigenvalue weighted by atomic mass is 127. The van der Waals surface area contributed by atoms with E-state index < -0.39 is 0 Å². The quantitative estimate of drug-likeness (QED) is 0.305. The van der Waals surface area contributed by atoms with Gasteiger partial charge < -0.3 is 20.3 Å². The largest absolute Gasteiger partial charge is 0.381 e. The van der Waals surface area contributed by atoms with Crippen molar-refractivity contribution >= 4 is 35.8 Å². The number of carbonyl (C=O) groups excluding carboxylic acids is 1. The summed E-state index contributed by atoms with van der Waals surface area (Å²) in [6, 6.07) is 0. The van der Waals surface area contributed by atoms with Crippen molar-refractivity contribution in [2.75, 3.05) is 46.4 Å². The third-order valence-corrected chi connectivity index (χ3v) is 4.79. The number of rotatable bonds is 4. The van der Waals surface area contributed by atoms with Crippen molar-refractivity contribution in [2.45, 2.75) is 25.7 Å². The molecule has 1 saturated carbocycles. The van der Waals surface area contributed by atoms with Crippen LogP contribution in [-0.2, 0) is 9.53 Å². The molecule has 1 spiro atoms. The summed E-state index contributed by atoms with van der Waals surface area (Å²) in [5.41, 5.74) is 0.345. The number of amides is 1. The summed E-state index contributed by atoms with van der Waals surface area (Å²) in [6.07, 6.45) is 4.46. The Balaban J connectivity index is 0.00000176. The summed E-state index contributed by atoms with van der Waals surface area (Å²) < 4.78 is 5.56. The van der Waals surface area contributed by atoms with E-state index in [0.717, 1.165) is 58.1 Å². The number of aliphatic imine (C=N–C) groups is 1. The molecule has 1 aliphatic carbocycles. The second-order valence-electron chi connectivity index (χ2n) is 6.51. The van der Waals surface area contributed by atoms with Crippen molar-refractivity contribution in [3.8, 4) is 0 Å². The minimum atomic E-state index is 0. The third kappa shape index (κ3) is 4.24. The topological polar surface area (TPSA) is 66.0 Å². The van der Waals surface area contributed by atoms with E-state index in [2.05, 4.69) is 20.5 Å². The molecule has 1 unspecified atom stereocenters. The van der Waals surface area contributed by atoms with E-state index in [-0.39, 0.29) is 35.8 Å². The average molecular weight is 422 g/mol. The molecule has 3 fully saturated rings. The van der Waals surface area contributed by atoms with Gasteiger partial charge in [0.25, 0.3) is 0 Å². The van der Waals surface area contributed by atoms with Crippen LogP contribution in [-0.4, -0.2) is 63.2 Å². The predicted molar refractivity (Wildman–Crippen MR) is 96.6 cm³/mol. The molecule has 6 nitrogen and oxygen atoms in total. The van der Waals surface area contributed by atoms with E-state index >= 15 is 0 Å². The van der Waals surface area contributed by atoms with Gasteiger partial charge in [-0.15, -0.1) is 24.0 Å². The molecule has 22 heavy (non-hydrogen) atoms. The lowest BCUT2D eigenvalue weighted by Crippen LogP contribution is -2.44. The number of halogens is 1. The second-order valence-corrected chi connectivity index (χ2v) is 6.51. The maximum atomic E-state index is 11.6. The first-order valence-corrected chi connectivity index (χ1v) is 8.03. The summed E-state index contributed by atoms with van der Waals surface area (Å²) in [6.45, 7) is 5.24. The zero-order chi connectivity index (χ0) is 14.7. The van der Waals surface area contributed by atoms with Crippen LogP contribution in [0.3, 0.4) is 0 Å². The minimum absolute atomic E-state index is 0. The number of carbonyl (C=O) groups is 1. The molecular weight excluding hydrogens is 395 g/mol. The van der Waals surface area contributed by atoms with Crippen molar-refractivity contribution < 1.29 is 9.53 Å². The predicted octanol–water partition coefficient (Wildman–Crippen LogP) is 0.818. The molecule has 2 aliphatic heterocycles. The van der Waals surface area contributed by atoms with Crippen molar-refractivity contribution in [2.24, 2.45) is 16.3 Å². The number of nitrogens with zero attached hydrogens (tertiary/aromatic N) is 2. The van der Waals surface area contributed by atoms with E-state index in [1.54, 1.807) is 0 Å². The first kappa shape index (κ1) is 17.8. The SMILES string of the molecule is CN=C(NCCNC(=O)C1CC1)N1CCC2(CCOC2)C1.I. The highest BCUT2D eigenvalue weighted by Gasteiger charge is 2.42. The lowest BCUT2D eigenvalue weighted by molar-refractivity contribution is -0.122. The normalized spacial score (nSPS) is 27.9. The highest BCUT2D eigenvalue weighted by molar-refractivity contribution is 14.0. The van der Waals surface area contributed by atoms with E-state index in [0.29, 0.717) is 12.0 Å². The van der Waals surface area contributed by atoms with Crippen molar-refractivity contribution in [3.63, 3.8) is 0 Å². The lowest BCUT2D eigenvalue weighted by atomic mass is 9.87. The molecule has 1 amide bonds. The Hall–Kier alpha value is -0.570. The Kier molecular flexibility index (Phi) is 6.31. The van der Waals surface area contributed by atoms with Gasteiger partial charge in [-0.25, -0.2) is 0 Å².